The summed E-state index contributed by atoms with van der Waals surface area (Å²) in [5, 5.41) is 7.56. The van der Waals surface area contributed by atoms with Crippen LogP contribution in [0.3, 0.4) is 0 Å². The van der Waals surface area contributed by atoms with Crippen molar-refractivity contribution in [3.05, 3.63) is 0 Å². The number of hydrogen-bond donors (Lipinski definition) is 3. The number of thiocarbonyl (C=S) groups is 2. The molecule has 0 heterocycles. The Morgan fingerprint density at radius 1 is 1.07 bits per heavy atom. The third-order valence-electron chi connectivity index (χ3n) is 0.664. The van der Waals surface area contributed by atoms with Crippen LogP contribution in [0.2, 0.25) is 0 Å². The number of nitrogens with one attached hydrogen (secondary N) is 2. The number of quaternary nitrogens is 1. The molecule has 0 aliphatic rings. The van der Waals surface area contributed by atoms with Gasteiger partial charge in [0.15, 0.2) is 0 Å². The minimum absolute atomic E-state index is 0. The second-order valence-electron chi connectivity index (χ2n) is 2.01. The van der Waals surface area contributed by atoms with Gasteiger partial charge in [0, 0.05) is 32.6 Å². The minimum Gasteiger partial charge on any atom is -0.412 e. The molecular weight excluding hydrogens is 308 g/mol. The fraction of sp³-hybridized carbons (Fsp3) is 0.667. The zero-order valence-corrected chi connectivity index (χ0v) is 14.6. The molecule has 0 aromatic carbocycles. The molecule has 0 aliphatic heterocycles. The topological polar surface area (TPSA) is 40.7 Å². The van der Waals surface area contributed by atoms with Crippen molar-refractivity contribution in [1.82, 2.24) is 10.6 Å². The largest absolute Gasteiger partial charge is 0.412 e. The first-order valence-corrected chi connectivity index (χ1v) is 5.31. The van der Waals surface area contributed by atoms with Crippen molar-refractivity contribution in [2.45, 2.75) is 0 Å². The Morgan fingerprint density at radius 2 is 1.29 bits per heavy atom. The van der Waals surface area contributed by atoms with Crippen LogP contribution in [0.5, 0.6) is 0 Å². The van der Waals surface area contributed by atoms with E-state index in [9.17, 15) is 0 Å². The Morgan fingerprint density at radius 3 is 1.43 bits per heavy atom. The summed E-state index contributed by atoms with van der Waals surface area (Å²) in [6.07, 6.45) is 0. The van der Waals surface area contributed by atoms with Crippen LogP contribution < -0.4 is 16.0 Å². The van der Waals surface area contributed by atoms with Crippen LogP contribution in [-0.4, -0.2) is 35.8 Å². The predicted molar refractivity (Wildman–Crippen MR) is 69.7 cm³/mol. The van der Waals surface area contributed by atoms with Crippen LogP contribution in [0.1, 0.15) is 0 Å². The first-order valence-electron chi connectivity index (χ1n) is 3.68. The summed E-state index contributed by atoms with van der Waals surface area (Å²) in [6.45, 7) is 1.33. The standard InChI is InChI=1S/C4H8N2S4.C2H7N.Zn/c7-3(8)5-1-2-6-4(9)10;1-3-2;/h1-2H2,(H2,5,7,8)(H2,6,9,10);3H,1-2H3;/p-1. The van der Waals surface area contributed by atoms with Crippen molar-refractivity contribution in [3.8, 4) is 0 Å². The molecule has 0 radical (unpaired) electrons. The van der Waals surface area contributed by atoms with E-state index in [1.165, 1.54) is 0 Å². The summed E-state index contributed by atoms with van der Waals surface area (Å²) >= 11 is 18.4. The number of hydrogen-bond acceptors (Lipinski definition) is 4. The van der Waals surface area contributed by atoms with Crippen LogP contribution in [0, 0.1) is 0 Å². The van der Waals surface area contributed by atoms with Crippen molar-refractivity contribution in [2.24, 2.45) is 0 Å². The third-order valence-corrected chi connectivity index (χ3v) is 1.24. The van der Waals surface area contributed by atoms with Gasteiger partial charge in [-0.1, -0.05) is 8.64 Å². The molecule has 14 heavy (non-hydrogen) atoms. The molecule has 0 aromatic rings. The fourth-order valence-electron chi connectivity index (χ4n) is 0.329. The van der Waals surface area contributed by atoms with Gasteiger partial charge < -0.3 is 65.6 Å². The molecule has 80 valence electrons. The molecule has 0 atom stereocenters. The summed E-state index contributed by atoms with van der Waals surface area (Å²) < 4.78 is 0.745. The van der Waals surface area contributed by atoms with E-state index >= 15 is 0 Å². The van der Waals surface area contributed by atoms with Gasteiger partial charge in [0.25, 0.3) is 0 Å². The quantitative estimate of drug-likeness (QED) is 0.258. The second kappa shape index (κ2) is 16.2. The maximum Gasteiger partial charge on any atom is 0.0647 e. The molecule has 0 aromatic heterocycles. The van der Waals surface area contributed by atoms with Gasteiger partial charge >= 0.3 is 0 Å². The summed E-state index contributed by atoms with van der Waals surface area (Å²) in [6, 6.07) is 0. The van der Waals surface area contributed by atoms with Gasteiger partial charge in [-0.15, -0.1) is 0 Å². The van der Waals surface area contributed by atoms with E-state index in [2.05, 4.69) is 60.3 Å². The van der Waals surface area contributed by atoms with Gasteiger partial charge in [0.1, 0.15) is 0 Å². The van der Waals surface area contributed by atoms with Crippen molar-refractivity contribution in [2.75, 3.05) is 27.2 Å². The van der Waals surface area contributed by atoms with E-state index in [1.54, 1.807) is 0 Å². The van der Waals surface area contributed by atoms with Gasteiger partial charge in [0.2, 0.25) is 0 Å². The smallest absolute Gasteiger partial charge is 0.0647 e. The van der Waals surface area contributed by atoms with Gasteiger partial charge in [-0.2, -0.15) is 0 Å². The number of nitrogens with two attached hydrogens (primary N) is 1. The first-order chi connectivity index (χ1) is 6.04. The molecule has 0 amide bonds. The predicted octanol–water partition coefficient (Wildman–Crippen LogP) is -1.36. The van der Waals surface area contributed by atoms with Gasteiger partial charge in [-0.25, -0.2) is 0 Å². The van der Waals surface area contributed by atoms with Crippen LogP contribution in [-0.2, 0) is 44.7 Å². The maximum absolute atomic E-state index is 4.59. The Bertz CT molecular complexity index is 140. The molecule has 0 fully saturated rings. The monoisotopic (exact) mass is 320 g/mol. The normalized spacial score (nSPS) is 7.29. The van der Waals surface area contributed by atoms with Gasteiger partial charge in [0.05, 0.1) is 14.1 Å². The number of rotatable bonds is 3. The maximum atomic E-state index is 4.59. The average Bonchev–Trinajstić information content (AvgIpc) is 1.99. The van der Waals surface area contributed by atoms with E-state index in [1.807, 2.05) is 19.4 Å². The van der Waals surface area contributed by atoms with E-state index in [-0.39, 0.29) is 19.5 Å². The molecule has 0 saturated heterocycles. The summed E-state index contributed by atoms with van der Waals surface area (Å²) in [5.41, 5.74) is 0. The minimum atomic E-state index is 0. The van der Waals surface area contributed by atoms with E-state index in [4.69, 9.17) is 0 Å². The van der Waals surface area contributed by atoms with Crippen molar-refractivity contribution < 1.29 is 24.8 Å². The molecule has 0 rings (SSSR count). The van der Waals surface area contributed by atoms with Gasteiger partial charge in [-0.3, -0.25) is 0 Å². The van der Waals surface area contributed by atoms with E-state index in [0.717, 1.165) is 0 Å². The SMILES string of the molecule is C[NH2+]C.S=C([S-])NCCNC(=S)[S-].[Zn]. The molecule has 3 nitrogen and oxygen atoms in total. The summed E-state index contributed by atoms with van der Waals surface area (Å²) in [5.74, 6) is 0. The van der Waals surface area contributed by atoms with Gasteiger partial charge in [-0.05, 0) is 0 Å². The molecule has 0 spiro atoms. The molecule has 4 N–H and O–H groups in total. The summed E-state index contributed by atoms with van der Waals surface area (Å²) in [4.78, 5) is 0. The Kier molecular flexibility index (Phi) is 23.5. The average molecular weight is 322 g/mol. The second-order valence-corrected chi connectivity index (χ2v) is 4.16. The van der Waals surface area contributed by atoms with Crippen LogP contribution in [0.25, 0.3) is 0 Å². The Balaban J connectivity index is -0.000000267. The molecule has 0 bridgehead atoms. The van der Waals surface area contributed by atoms with Crippen LogP contribution in [0.4, 0.5) is 0 Å². The summed E-state index contributed by atoms with van der Waals surface area (Å²) in [7, 11) is 4.00. The third kappa shape index (κ3) is 29.3. The van der Waals surface area contributed by atoms with Crippen molar-refractivity contribution >= 4 is 58.3 Å². The first kappa shape index (κ1) is 20.2. The zero-order chi connectivity index (χ0) is 10.7. The van der Waals surface area contributed by atoms with Crippen molar-refractivity contribution in [1.29, 1.82) is 0 Å². The Hall–Kier alpha value is 0.803. The molecule has 0 unspecified atom stereocenters. The van der Waals surface area contributed by atoms with Crippen LogP contribution in [0.15, 0.2) is 0 Å². The Labute approximate surface area is 120 Å². The van der Waals surface area contributed by atoms with E-state index < -0.39 is 0 Å². The molecule has 8 heteroatoms. The van der Waals surface area contributed by atoms with Crippen molar-refractivity contribution in [3.63, 3.8) is 0 Å². The van der Waals surface area contributed by atoms with Crippen LogP contribution >= 0.6 is 24.4 Å². The fourth-order valence-corrected chi connectivity index (χ4v) is 0.737. The van der Waals surface area contributed by atoms with E-state index in [0.29, 0.717) is 21.7 Å². The molecular formula is C6H14N3S4Zn-. The molecule has 0 saturated carbocycles. The molecule has 0 aliphatic carbocycles. The zero-order valence-electron chi connectivity index (χ0n) is 8.33.